The number of nitrogens with one attached hydrogen (secondary N) is 1. The molecule has 0 aliphatic heterocycles. The molecule has 0 saturated carbocycles. The molecule has 2 heterocycles. The molecule has 6 aromatic rings. The molecule has 0 fully saturated rings. The minimum absolute atomic E-state index is 1.17. The van der Waals surface area contributed by atoms with Crippen molar-refractivity contribution in [2.45, 2.75) is 6.92 Å². The zero-order valence-electron chi connectivity index (χ0n) is 17.3. The Hall–Kier alpha value is -4.04. The molecule has 0 aliphatic carbocycles. The molecule has 2 aromatic heterocycles. The summed E-state index contributed by atoms with van der Waals surface area (Å²) in [6, 6.07) is 28.2. The van der Waals surface area contributed by atoms with Gasteiger partial charge in [0.05, 0.1) is 16.6 Å². The van der Waals surface area contributed by atoms with Gasteiger partial charge in [-0.05, 0) is 47.5 Å². The molecule has 0 bridgehead atoms. The van der Waals surface area contributed by atoms with Crippen molar-refractivity contribution < 1.29 is 0 Å². The van der Waals surface area contributed by atoms with E-state index in [1.165, 1.54) is 54.7 Å². The van der Waals surface area contributed by atoms with Crippen molar-refractivity contribution >= 4 is 49.6 Å². The van der Waals surface area contributed by atoms with Crippen LogP contribution in [0.4, 0.5) is 0 Å². The van der Waals surface area contributed by atoms with Gasteiger partial charge >= 0.3 is 0 Å². The fraction of sp³-hybridized carbons (Fsp3) is 0.0345. The molecule has 0 aliphatic rings. The van der Waals surface area contributed by atoms with Crippen molar-refractivity contribution in [3.05, 3.63) is 109 Å². The highest BCUT2D eigenvalue weighted by Crippen LogP contribution is 2.38. The van der Waals surface area contributed by atoms with Crippen LogP contribution in [-0.4, -0.2) is 9.55 Å². The molecule has 31 heavy (non-hydrogen) atoms. The molecule has 0 spiro atoms. The summed E-state index contributed by atoms with van der Waals surface area (Å²) in [6.07, 6.45) is 10.6. The van der Waals surface area contributed by atoms with Gasteiger partial charge in [0.2, 0.25) is 0 Å². The Balaban J connectivity index is 1.78. The fourth-order valence-electron chi connectivity index (χ4n) is 4.68. The van der Waals surface area contributed by atoms with Gasteiger partial charge in [0.15, 0.2) is 0 Å². The van der Waals surface area contributed by atoms with Crippen LogP contribution in [0.5, 0.6) is 0 Å². The third-order valence-corrected chi connectivity index (χ3v) is 6.07. The highest BCUT2D eigenvalue weighted by Gasteiger charge is 2.15. The van der Waals surface area contributed by atoms with Crippen LogP contribution in [0.2, 0.25) is 0 Å². The molecular formula is C29H22N2. The zero-order valence-corrected chi connectivity index (χ0v) is 17.3. The van der Waals surface area contributed by atoms with E-state index in [0.717, 1.165) is 0 Å². The van der Waals surface area contributed by atoms with E-state index in [0.29, 0.717) is 0 Å². The summed E-state index contributed by atoms with van der Waals surface area (Å²) in [4.78, 5) is 3.81. The van der Waals surface area contributed by atoms with Gasteiger partial charge in [0.1, 0.15) is 0 Å². The van der Waals surface area contributed by atoms with Gasteiger partial charge in [-0.3, -0.25) is 0 Å². The van der Waals surface area contributed by atoms with Gasteiger partial charge in [0, 0.05) is 28.0 Å². The van der Waals surface area contributed by atoms with Gasteiger partial charge in [-0.2, -0.15) is 0 Å². The quantitative estimate of drug-likeness (QED) is 0.291. The van der Waals surface area contributed by atoms with E-state index in [4.69, 9.17) is 0 Å². The second-order valence-corrected chi connectivity index (χ2v) is 7.89. The molecular weight excluding hydrogens is 376 g/mol. The first kappa shape index (κ1) is 17.8. The molecule has 0 radical (unpaired) electrons. The van der Waals surface area contributed by atoms with Crippen LogP contribution in [0.25, 0.3) is 55.2 Å². The Morgan fingerprint density at radius 2 is 1.58 bits per heavy atom. The summed E-state index contributed by atoms with van der Waals surface area (Å²) >= 11 is 0. The molecule has 148 valence electrons. The molecule has 0 amide bonds. The number of aromatic amines is 1. The summed E-state index contributed by atoms with van der Waals surface area (Å²) in [5, 5.41) is 6.32. The maximum atomic E-state index is 3.81. The third kappa shape index (κ3) is 2.72. The van der Waals surface area contributed by atoms with Gasteiger partial charge in [-0.15, -0.1) is 0 Å². The van der Waals surface area contributed by atoms with Gasteiger partial charge in [0.25, 0.3) is 0 Å². The van der Waals surface area contributed by atoms with Gasteiger partial charge in [-0.25, -0.2) is 0 Å². The second-order valence-electron chi connectivity index (χ2n) is 7.89. The van der Waals surface area contributed by atoms with Crippen LogP contribution in [0.15, 0.2) is 103 Å². The van der Waals surface area contributed by atoms with Crippen molar-refractivity contribution in [3.63, 3.8) is 0 Å². The number of nitrogens with zero attached hydrogens (tertiary/aromatic N) is 1. The van der Waals surface area contributed by atoms with E-state index in [-0.39, 0.29) is 0 Å². The van der Waals surface area contributed by atoms with Crippen molar-refractivity contribution in [1.29, 1.82) is 0 Å². The van der Waals surface area contributed by atoms with Crippen molar-refractivity contribution in [3.8, 4) is 5.69 Å². The number of H-pyrrole nitrogens is 1. The average Bonchev–Trinajstić information content (AvgIpc) is 3.42. The predicted molar refractivity (Wildman–Crippen MR) is 134 cm³/mol. The Bertz CT molecular complexity index is 1630. The first-order valence-electron chi connectivity index (χ1n) is 10.7. The molecule has 2 heteroatoms. The zero-order chi connectivity index (χ0) is 20.8. The lowest BCUT2D eigenvalue weighted by molar-refractivity contribution is 1.13. The monoisotopic (exact) mass is 398 g/mol. The van der Waals surface area contributed by atoms with E-state index in [2.05, 4.69) is 119 Å². The summed E-state index contributed by atoms with van der Waals surface area (Å²) in [5.74, 6) is 0. The molecule has 2 nitrogen and oxygen atoms in total. The standard InChI is InChI=1S/C29H22N2/c1-2-3-5-11-22-19-21-10-8-9-14-24(21)26-25-16-15-20-17-18-31(23-12-6-4-7-13-23)29(20)28(25)30-27(22)26/h2-19,30H,1H3/b3-2-,11-5-. The average molecular weight is 399 g/mol. The predicted octanol–water partition coefficient (Wildman–Crippen LogP) is 8.01. The smallest absolute Gasteiger partial charge is 0.0771 e. The summed E-state index contributed by atoms with van der Waals surface area (Å²) in [6.45, 7) is 2.04. The number of para-hydroxylation sites is 1. The lowest BCUT2D eigenvalue weighted by atomic mass is 9.99. The number of rotatable bonds is 3. The molecule has 1 N–H and O–H groups in total. The normalized spacial score (nSPS) is 12.4. The van der Waals surface area contributed by atoms with E-state index >= 15 is 0 Å². The largest absolute Gasteiger partial charge is 0.352 e. The molecule has 0 atom stereocenters. The number of allylic oxidation sites excluding steroid dienone is 3. The Labute approximate surface area is 180 Å². The van der Waals surface area contributed by atoms with Crippen LogP contribution in [0, 0.1) is 0 Å². The summed E-state index contributed by atoms with van der Waals surface area (Å²) < 4.78 is 2.28. The molecule has 6 rings (SSSR count). The highest BCUT2D eigenvalue weighted by atomic mass is 15.0. The Morgan fingerprint density at radius 3 is 2.45 bits per heavy atom. The van der Waals surface area contributed by atoms with Crippen LogP contribution in [-0.2, 0) is 0 Å². The minimum atomic E-state index is 1.17. The van der Waals surface area contributed by atoms with Crippen LogP contribution >= 0.6 is 0 Å². The lowest BCUT2D eigenvalue weighted by Gasteiger charge is -2.06. The van der Waals surface area contributed by atoms with Gasteiger partial charge < -0.3 is 9.55 Å². The number of aromatic nitrogens is 2. The highest BCUT2D eigenvalue weighted by molar-refractivity contribution is 6.25. The SMILES string of the molecule is C/C=C\C=C/c1cc2ccccc2c2c1[nH]c1c2ccc2ccn(-c3ccccc3)c21. The van der Waals surface area contributed by atoms with E-state index in [1.54, 1.807) is 0 Å². The topological polar surface area (TPSA) is 20.7 Å². The van der Waals surface area contributed by atoms with E-state index in [1.807, 2.05) is 6.92 Å². The first-order chi connectivity index (χ1) is 15.3. The third-order valence-electron chi connectivity index (χ3n) is 6.07. The van der Waals surface area contributed by atoms with Crippen LogP contribution in [0.3, 0.4) is 0 Å². The Kier molecular flexibility index (Phi) is 4.03. The molecule has 4 aromatic carbocycles. The van der Waals surface area contributed by atoms with Crippen molar-refractivity contribution in [2.24, 2.45) is 0 Å². The van der Waals surface area contributed by atoms with Crippen LogP contribution < -0.4 is 0 Å². The molecule has 0 unspecified atom stereocenters. The maximum absolute atomic E-state index is 3.81. The summed E-state index contributed by atoms with van der Waals surface area (Å²) in [5.41, 5.74) is 5.95. The number of benzene rings is 4. The Morgan fingerprint density at radius 1 is 0.742 bits per heavy atom. The van der Waals surface area contributed by atoms with Crippen molar-refractivity contribution in [2.75, 3.05) is 0 Å². The number of hydrogen-bond acceptors (Lipinski definition) is 0. The minimum Gasteiger partial charge on any atom is -0.352 e. The van der Waals surface area contributed by atoms with Gasteiger partial charge in [-0.1, -0.05) is 78.9 Å². The van der Waals surface area contributed by atoms with Crippen LogP contribution in [0.1, 0.15) is 12.5 Å². The first-order valence-corrected chi connectivity index (χ1v) is 10.7. The second kappa shape index (κ2) is 7.03. The maximum Gasteiger partial charge on any atom is 0.0771 e. The van der Waals surface area contributed by atoms with E-state index in [9.17, 15) is 0 Å². The van der Waals surface area contributed by atoms with Crippen molar-refractivity contribution in [1.82, 2.24) is 9.55 Å². The number of hydrogen-bond donors (Lipinski definition) is 1. The molecule has 0 saturated heterocycles. The summed E-state index contributed by atoms with van der Waals surface area (Å²) in [7, 11) is 0. The lowest BCUT2D eigenvalue weighted by Crippen LogP contribution is -1.91. The number of fused-ring (bicyclic) bond motifs is 7. The van der Waals surface area contributed by atoms with E-state index < -0.39 is 0 Å². The fourth-order valence-corrected chi connectivity index (χ4v) is 4.68.